The molecule has 0 aliphatic heterocycles. The van der Waals surface area contributed by atoms with Crippen LogP contribution in [-0.2, 0) is 0 Å². The molecule has 0 aliphatic carbocycles. The summed E-state index contributed by atoms with van der Waals surface area (Å²) in [6, 6.07) is 8.80. The maximum Gasteiger partial charge on any atom is -0.0226 e. The van der Waals surface area contributed by atoms with Crippen LogP contribution in [0.15, 0.2) is 47.8 Å². The van der Waals surface area contributed by atoms with E-state index >= 15 is 0 Å². The van der Waals surface area contributed by atoms with E-state index in [2.05, 4.69) is 63.3 Å². The molecule has 0 aliphatic rings. The van der Waals surface area contributed by atoms with E-state index in [0.717, 1.165) is 15.0 Å². The minimum Gasteiger partial charge on any atom is -0.0842 e. The van der Waals surface area contributed by atoms with Crippen LogP contribution in [0.4, 0.5) is 0 Å². The van der Waals surface area contributed by atoms with Crippen LogP contribution in [0.3, 0.4) is 0 Å². The Morgan fingerprint density at radius 1 is 1.27 bits per heavy atom. The quantitative estimate of drug-likeness (QED) is 0.525. The molecule has 0 saturated carbocycles. The van der Waals surface area contributed by atoms with Gasteiger partial charge in [0.05, 0.1) is 0 Å². The zero-order valence-electron chi connectivity index (χ0n) is 9.75. The lowest BCUT2D eigenvalue weighted by Gasteiger charge is -2.03. The second-order valence-electron chi connectivity index (χ2n) is 3.55. The van der Waals surface area contributed by atoms with Crippen molar-refractivity contribution in [3.63, 3.8) is 0 Å². The predicted molar refractivity (Wildman–Crippen MR) is 72.3 cm³/mol. The highest BCUT2D eigenvalue weighted by molar-refractivity contribution is 7.52. The number of benzene rings is 1. The van der Waals surface area contributed by atoms with Gasteiger partial charge in [-0.3, -0.25) is 0 Å². The fourth-order valence-electron chi connectivity index (χ4n) is 1.26. The minimum atomic E-state index is 0.776. The Kier molecular flexibility index (Phi) is 5.36. The van der Waals surface area contributed by atoms with Gasteiger partial charge in [0.25, 0.3) is 0 Å². The summed E-state index contributed by atoms with van der Waals surface area (Å²) in [5.41, 5.74) is 1.33. The van der Waals surface area contributed by atoms with Crippen LogP contribution >= 0.6 is 8.58 Å². The summed E-state index contributed by atoms with van der Waals surface area (Å²) in [5.74, 6) is 0. The van der Waals surface area contributed by atoms with Crippen LogP contribution in [0.25, 0.3) is 0 Å². The zero-order valence-corrected chi connectivity index (χ0v) is 10.7. The van der Waals surface area contributed by atoms with Gasteiger partial charge in [0.1, 0.15) is 0 Å². The molecular formula is C14H19P. The van der Waals surface area contributed by atoms with E-state index in [1.807, 2.05) is 0 Å². The Balaban J connectivity index is 2.67. The number of rotatable bonds is 4. The second-order valence-corrected chi connectivity index (χ2v) is 4.95. The SMILES string of the molecule is C/C=C(\C=C/CC)Pc1ccc(C)cc1. The van der Waals surface area contributed by atoms with Gasteiger partial charge in [-0.25, -0.2) is 0 Å². The Labute approximate surface area is 94.9 Å². The highest BCUT2D eigenvalue weighted by Crippen LogP contribution is 2.24. The smallest absolute Gasteiger partial charge is 0.0226 e. The van der Waals surface area contributed by atoms with Crippen LogP contribution < -0.4 is 5.30 Å². The topological polar surface area (TPSA) is 0 Å². The first-order chi connectivity index (χ1) is 7.26. The van der Waals surface area contributed by atoms with Gasteiger partial charge < -0.3 is 0 Å². The molecule has 1 heteroatoms. The van der Waals surface area contributed by atoms with Crippen LogP contribution in [0.2, 0.25) is 0 Å². The molecule has 0 saturated heterocycles. The lowest BCUT2D eigenvalue weighted by molar-refractivity contribution is 1.22. The normalized spacial score (nSPS) is 13.1. The number of hydrogen-bond acceptors (Lipinski definition) is 0. The largest absolute Gasteiger partial charge is 0.0842 e. The zero-order chi connectivity index (χ0) is 11.1. The van der Waals surface area contributed by atoms with Gasteiger partial charge in [0.2, 0.25) is 0 Å². The number of hydrogen-bond donors (Lipinski definition) is 0. The lowest BCUT2D eigenvalue weighted by Crippen LogP contribution is -1.92. The third-order valence-corrected chi connectivity index (χ3v) is 3.55. The van der Waals surface area contributed by atoms with Crippen molar-refractivity contribution >= 4 is 13.9 Å². The monoisotopic (exact) mass is 218 g/mol. The molecule has 1 aromatic rings. The van der Waals surface area contributed by atoms with E-state index in [-0.39, 0.29) is 0 Å². The third-order valence-electron chi connectivity index (χ3n) is 2.18. The summed E-state index contributed by atoms with van der Waals surface area (Å²) in [6.45, 7) is 6.40. The van der Waals surface area contributed by atoms with Crippen LogP contribution in [0, 0.1) is 6.92 Å². The first-order valence-corrected chi connectivity index (χ1v) is 6.42. The summed E-state index contributed by atoms with van der Waals surface area (Å²) in [7, 11) is 0.776. The second kappa shape index (κ2) is 6.58. The molecular weight excluding hydrogens is 199 g/mol. The maximum atomic E-state index is 2.23. The maximum absolute atomic E-state index is 2.23. The van der Waals surface area contributed by atoms with Crippen molar-refractivity contribution < 1.29 is 0 Å². The Morgan fingerprint density at radius 3 is 2.47 bits per heavy atom. The molecule has 0 spiro atoms. The van der Waals surface area contributed by atoms with Crippen molar-refractivity contribution in [2.45, 2.75) is 27.2 Å². The fourth-order valence-corrected chi connectivity index (χ4v) is 2.27. The molecule has 0 amide bonds. The Morgan fingerprint density at radius 2 is 1.93 bits per heavy atom. The summed E-state index contributed by atoms with van der Waals surface area (Å²) in [6.07, 6.45) is 7.76. The van der Waals surface area contributed by atoms with E-state index in [4.69, 9.17) is 0 Å². The predicted octanol–water partition coefficient (Wildman–Crippen LogP) is 4.17. The Hall–Kier alpha value is -0.870. The Bertz CT molecular complexity index is 344. The molecule has 1 aromatic carbocycles. The molecule has 0 aromatic heterocycles. The van der Waals surface area contributed by atoms with Gasteiger partial charge in [-0.15, -0.1) is 0 Å². The van der Waals surface area contributed by atoms with Crippen LogP contribution in [-0.4, -0.2) is 0 Å². The van der Waals surface area contributed by atoms with Gasteiger partial charge >= 0.3 is 0 Å². The van der Waals surface area contributed by atoms with Crippen LogP contribution in [0.5, 0.6) is 0 Å². The third kappa shape index (κ3) is 4.44. The van der Waals surface area contributed by atoms with Gasteiger partial charge in [0, 0.05) is 0 Å². The number of aryl methyl sites for hydroxylation is 1. The van der Waals surface area contributed by atoms with Gasteiger partial charge in [-0.1, -0.05) is 63.6 Å². The molecule has 1 unspecified atom stereocenters. The first-order valence-electron chi connectivity index (χ1n) is 5.42. The first kappa shape index (κ1) is 12.2. The van der Waals surface area contributed by atoms with Crippen molar-refractivity contribution in [1.82, 2.24) is 0 Å². The fraction of sp³-hybridized carbons (Fsp3) is 0.286. The highest BCUT2D eigenvalue weighted by Gasteiger charge is 1.94. The summed E-state index contributed by atoms with van der Waals surface area (Å²) in [4.78, 5) is 0. The van der Waals surface area contributed by atoms with Gasteiger partial charge in [-0.05, 0) is 30.9 Å². The standard InChI is InChI=1S/C14H19P/c1-4-6-7-13(5-2)15-14-10-8-12(3)9-11-14/h5-11,15H,4H2,1-3H3/b7-6-,13-5+. The molecule has 0 nitrogen and oxygen atoms in total. The molecule has 0 heterocycles. The van der Waals surface area contributed by atoms with E-state index < -0.39 is 0 Å². The van der Waals surface area contributed by atoms with Crippen molar-refractivity contribution in [1.29, 1.82) is 0 Å². The molecule has 80 valence electrons. The molecule has 0 fully saturated rings. The molecule has 0 bridgehead atoms. The summed E-state index contributed by atoms with van der Waals surface area (Å²) < 4.78 is 0. The molecule has 15 heavy (non-hydrogen) atoms. The molecule has 1 rings (SSSR count). The average molecular weight is 218 g/mol. The van der Waals surface area contributed by atoms with Crippen molar-refractivity contribution in [2.24, 2.45) is 0 Å². The van der Waals surface area contributed by atoms with E-state index in [1.54, 1.807) is 0 Å². The molecule has 1 atom stereocenters. The van der Waals surface area contributed by atoms with Crippen molar-refractivity contribution in [3.8, 4) is 0 Å². The van der Waals surface area contributed by atoms with Crippen molar-refractivity contribution in [3.05, 3.63) is 53.4 Å². The summed E-state index contributed by atoms with van der Waals surface area (Å²) in [5, 5.41) is 2.83. The van der Waals surface area contributed by atoms with Crippen LogP contribution in [0.1, 0.15) is 25.8 Å². The number of allylic oxidation sites excluding steroid dienone is 4. The molecule has 0 N–H and O–H groups in total. The van der Waals surface area contributed by atoms with E-state index in [1.165, 1.54) is 16.2 Å². The van der Waals surface area contributed by atoms with E-state index in [9.17, 15) is 0 Å². The minimum absolute atomic E-state index is 0.776. The van der Waals surface area contributed by atoms with Gasteiger partial charge in [-0.2, -0.15) is 0 Å². The highest BCUT2D eigenvalue weighted by atomic mass is 31.1. The van der Waals surface area contributed by atoms with Crippen molar-refractivity contribution in [2.75, 3.05) is 0 Å². The van der Waals surface area contributed by atoms with E-state index in [0.29, 0.717) is 0 Å². The van der Waals surface area contributed by atoms with Gasteiger partial charge in [0.15, 0.2) is 0 Å². The molecule has 0 radical (unpaired) electrons. The lowest BCUT2D eigenvalue weighted by atomic mass is 10.2. The summed E-state index contributed by atoms with van der Waals surface area (Å²) >= 11 is 0. The average Bonchev–Trinajstić information content (AvgIpc) is 2.27.